The molecule has 4 N–H and O–H groups in total. The van der Waals surface area contributed by atoms with Gasteiger partial charge in [-0.3, -0.25) is 0 Å². The van der Waals surface area contributed by atoms with Crippen LogP contribution in [-0.2, 0) is 0 Å². The van der Waals surface area contributed by atoms with Crippen LogP contribution in [-0.4, -0.2) is 21.6 Å². The minimum Gasteiger partial charge on any atom is -0.398 e. The van der Waals surface area contributed by atoms with E-state index in [1.54, 1.807) is 6.92 Å². The zero-order valence-electron chi connectivity index (χ0n) is 8.95. The largest absolute Gasteiger partial charge is 0.398 e. The number of halogens is 2. The molecule has 0 radical (unpaired) electrons. The van der Waals surface area contributed by atoms with Crippen LogP contribution >= 0.6 is 15.9 Å². The summed E-state index contributed by atoms with van der Waals surface area (Å²) in [4.78, 5) is 0. The molecule has 0 bridgehead atoms. The predicted molar refractivity (Wildman–Crippen MR) is 64.9 cm³/mol. The highest BCUT2D eigenvalue weighted by atomic mass is 79.9. The number of aliphatic hydroxyl groups is 2. The molecule has 0 aromatic heterocycles. The van der Waals surface area contributed by atoms with Crippen molar-refractivity contribution in [2.24, 2.45) is 0 Å². The van der Waals surface area contributed by atoms with Crippen LogP contribution in [0.3, 0.4) is 0 Å². The quantitative estimate of drug-likeness (QED) is 0.586. The molecule has 0 saturated carbocycles. The van der Waals surface area contributed by atoms with Gasteiger partial charge in [-0.15, -0.1) is 0 Å². The molecule has 0 aliphatic heterocycles. The molecule has 1 aromatic rings. The molecule has 0 amide bonds. The standard InChI is InChI=1S/C11H15BrFNO2/c1-6-4-7(8(13)5-9(6)14)11(16)10(15)2-3-12/h4-5,10-11,15-16H,2-3,14H2,1H3. The maximum absolute atomic E-state index is 13.5. The Morgan fingerprint density at radius 1 is 1.44 bits per heavy atom. The van der Waals surface area contributed by atoms with Crippen molar-refractivity contribution in [3.05, 3.63) is 29.1 Å². The number of nitrogen functional groups attached to an aromatic ring is 1. The summed E-state index contributed by atoms with van der Waals surface area (Å²) >= 11 is 3.15. The maximum Gasteiger partial charge on any atom is 0.131 e. The molecular weight excluding hydrogens is 277 g/mol. The lowest BCUT2D eigenvalue weighted by Gasteiger charge is -2.18. The molecule has 2 unspecified atom stereocenters. The third-order valence-electron chi connectivity index (χ3n) is 2.47. The lowest BCUT2D eigenvalue weighted by Crippen LogP contribution is -2.20. The van der Waals surface area contributed by atoms with Gasteiger partial charge >= 0.3 is 0 Å². The molecule has 1 aromatic carbocycles. The van der Waals surface area contributed by atoms with E-state index in [2.05, 4.69) is 15.9 Å². The van der Waals surface area contributed by atoms with Gasteiger partial charge in [-0.25, -0.2) is 4.39 Å². The molecule has 5 heteroatoms. The lowest BCUT2D eigenvalue weighted by molar-refractivity contribution is 0.0153. The molecule has 2 atom stereocenters. The minimum atomic E-state index is -1.23. The van der Waals surface area contributed by atoms with E-state index < -0.39 is 18.0 Å². The first-order valence-electron chi connectivity index (χ1n) is 4.95. The number of nitrogens with two attached hydrogens (primary N) is 1. The Hall–Kier alpha value is -0.650. The number of aliphatic hydroxyl groups excluding tert-OH is 2. The van der Waals surface area contributed by atoms with Gasteiger partial charge in [0.1, 0.15) is 11.9 Å². The molecule has 0 saturated heterocycles. The summed E-state index contributed by atoms with van der Waals surface area (Å²) in [5.41, 5.74) is 6.63. The normalized spacial score (nSPS) is 14.8. The zero-order chi connectivity index (χ0) is 12.3. The van der Waals surface area contributed by atoms with E-state index in [1.165, 1.54) is 6.07 Å². The minimum absolute atomic E-state index is 0.0835. The topological polar surface area (TPSA) is 66.5 Å². The summed E-state index contributed by atoms with van der Waals surface area (Å²) in [5, 5.41) is 19.9. The highest BCUT2D eigenvalue weighted by molar-refractivity contribution is 9.09. The lowest BCUT2D eigenvalue weighted by atomic mass is 9.99. The highest BCUT2D eigenvalue weighted by Gasteiger charge is 2.21. The summed E-state index contributed by atoms with van der Waals surface area (Å²) in [7, 11) is 0. The van der Waals surface area contributed by atoms with Gasteiger partial charge in [-0.1, -0.05) is 15.9 Å². The SMILES string of the molecule is Cc1cc(C(O)C(O)CCBr)c(F)cc1N. The van der Waals surface area contributed by atoms with Crippen molar-refractivity contribution in [2.45, 2.75) is 25.6 Å². The Morgan fingerprint density at radius 2 is 2.06 bits per heavy atom. The van der Waals surface area contributed by atoms with Crippen LogP contribution < -0.4 is 5.73 Å². The van der Waals surface area contributed by atoms with Crippen LogP contribution in [0.1, 0.15) is 23.7 Å². The number of hydrogen-bond acceptors (Lipinski definition) is 3. The average molecular weight is 292 g/mol. The van der Waals surface area contributed by atoms with Crippen LogP contribution in [0.15, 0.2) is 12.1 Å². The summed E-state index contributed by atoms with van der Waals surface area (Å²) < 4.78 is 13.5. The van der Waals surface area contributed by atoms with Crippen molar-refractivity contribution in [3.8, 4) is 0 Å². The average Bonchev–Trinajstić information content (AvgIpc) is 2.23. The fourth-order valence-corrected chi connectivity index (χ4v) is 1.89. The Kier molecular flexibility index (Phi) is 4.70. The van der Waals surface area contributed by atoms with Crippen LogP contribution in [0.2, 0.25) is 0 Å². The van der Waals surface area contributed by atoms with Crippen molar-refractivity contribution in [2.75, 3.05) is 11.1 Å². The third kappa shape index (κ3) is 2.93. The van der Waals surface area contributed by atoms with E-state index in [0.717, 1.165) is 6.07 Å². The number of anilines is 1. The van der Waals surface area contributed by atoms with Gasteiger partial charge < -0.3 is 15.9 Å². The molecule has 16 heavy (non-hydrogen) atoms. The predicted octanol–water partition coefficient (Wildman–Crippen LogP) is 1.90. The number of benzene rings is 1. The van der Waals surface area contributed by atoms with Gasteiger partial charge in [-0.2, -0.15) is 0 Å². The van der Waals surface area contributed by atoms with Gasteiger partial charge in [0, 0.05) is 16.6 Å². The Labute approximate surface area is 102 Å². The second kappa shape index (κ2) is 5.61. The first kappa shape index (κ1) is 13.4. The maximum atomic E-state index is 13.5. The van der Waals surface area contributed by atoms with Crippen LogP contribution in [0.4, 0.5) is 10.1 Å². The van der Waals surface area contributed by atoms with Crippen molar-refractivity contribution in [1.82, 2.24) is 0 Å². The van der Waals surface area contributed by atoms with Crippen LogP contribution in [0.5, 0.6) is 0 Å². The Bertz CT molecular complexity index is 373. The van der Waals surface area contributed by atoms with Crippen LogP contribution in [0, 0.1) is 12.7 Å². The number of alkyl halides is 1. The molecule has 0 aliphatic rings. The smallest absolute Gasteiger partial charge is 0.131 e. The summed E-state index contributed by atoms with van der Waals surface area (Å²) in [6, 6.07) is 2.63. The fraction of sp³-hybridized carbons (Fsp3) is 0.455. The second-order valence-corrected chi connectivity index (χ2v) is 4.51. The Morgan fingerprint density at radius 3 is 2.62 bits per heavy atom. The summed E-state index contributed by atoms with van der Waals surface area (Å²) in [6.07, 6.45) is -1.86. The molecule has 90 valence electrons. The van der Waals surface area contributed by atoms with E-state index in [-0.39, 0.29) is 5.56 Å². The zero-order valence-corrected chi connectivity index (χ0v) is 10.5. The van der Waals surface area contributed by atoms with E-state index >= 15 is 0 Å². The summed E-state index contributed by atoms with van der Waals surface area (Å²) in [5.74, 6) is -0.593. The number of hydrogen-bond donors (Lipinski definition) is 3. The molecule has 3 nitrogen and oxygen atoms in total. The molecule has 0 heterocycles. The van der Waals surface area contributed by atoms with Crippen LogP contribution in [0.25, 0.3) is 0 Å². The van der Waals surface area contributed by atoms with Gasteiger partial charge in [0.05, 0.1) is 6.10 Å². The van der Waals surface area contributed by atoms with E-state index in [1.807, 2.05) is 0 Å². The van der Waals surface area contributed by atoms with E-state index in [0.29, 0.717) is 23.0 Å². The summed E-state index contributed by atoms with van der Waals surface area (Å²) in [6.45, 7) is 1.72. The van der Waals surface area contributed by atoms with Gasteiger partial charge in [0.25, 0.3) is 0 Å². The van der Waals surface area contributed by atoms with Crippen molar-refractivity contribution in [3.63, 3.8) is 0 Å². The molecule has 1 rings (SSSR count). The third-order valence-corrected chi connectivity index (χ3v) is 2.93. The van der Waals surface area contributed by atoms with E-state index in [9.17, 15) is 14.6 Å². The first-order chi connectivity index (χ1) is 7.47. The van der Waals surface area contributed by atoms with Crippen molar-refractivity contribution in [1.29, 1.82) is 0 Å². The molecule has 0 aliphatic carbocycles. The number of rotatable bonds is 4. The van der Waals surface area contributed by atoms with Gasteiger partial charge in [0.15, 0.2) is 0 Å². The second-order valence-electron chi connectivity index (χ2n) is 3.72. The molecule has 0 spiro atoms. The van der Waals surface area contributed by atoms with Gasteiger partial charge in [0.2, 0.25) is 0 Å². The van der Waals surface area contributed by atoms with Gasteiger partial charge in [-0.05, 0) is 31.0 Å². The fourth-order valence-electron chi connectivity index (χ4n) is 1.42. The first-order valence-corrected chi connectivity index (χ1v) is 6.07. The van der Waals surface area contributed by atoms with Crippen molar-refractivity contribution >= 4 is 21.6 Å². The highest BCUT2D eigenvalue weighted by Crippen LogP contribution is 2.26. The van der Waals surface area contributed by atoms with Crippen molar-refractivity contribution < 1.29 is 14.6 Å². The Balaban J connectivity index is 2.99. The molecular formula is C11H15BrFNO2. The van der Waals surface area contributed by atoms with E-state index in [4.69, 9.17) is 5.73 Å². The number of aryl methyl sites for hydroxylation is 1. The monoisotopic (exact) mass is 291 g/mol. The molecule has 0 fully saturated rings.